The van der Waals surface area contributed by atoms with Gasteiger partial charge in [-0.2, -0.15) is 0 Å². The zero-order chi connectivity index (χ0) is 13.9. The van der Waals surface area contributed by atoms with E-state index in [1.165, 1.54) is 15.8 Å². The zero-order valence-corrected chi connectivity index (χ0v) is 12.9. The van der Waals surface area contributed by atoms with Gasteiger partial charge < -0.3 is 5.32 Å². The maximum absolute atomic E-state index is 13.3. The Morgan fingerprint density at radius 3 is 2.90 bits per heavy atom. The first-order chi connectivity index (χ1) is 9.76. The van der Waals surface area contributed by atoms with Gasteiger partial charge in [0.1, 0.15) is 5.82 Å². The van der Waals surface area contributed by atoms with E-state index in [9.17, 15) is 4.39 Å². The fourth-order valence-corrected chi connectivity index (χ4v) is 4.23. The van der Waals surface area contributed by atoms with Gasteiger partial charge in [0, 0.05) is 26.9 Å². The highest BCUT2D eigenvalue weighted by atomic mass is 32.1. The van der Waals surface area contributed by atoms with E-state index in [0.29, 0.717) is 6.04 Å². The molecule has 104 valence electrons. The molecule has 0 bridgehead atoms. The van der Waals surface area contributed by atoms with Crippen LogP contribution in [0.25, 0.3) is 10.1 Å². The third kappa shape index (κ3) is 2.92. The van der Waals surface area contributed by atoms with Gasteiger partial charge in [0.2, 0.25) is 0 Å². The largest absolute Gasteiger partial charge is 0.309 e. The first-order valence-electron chi connectivity index (χ1n) is 6.71. The van der Waals surface area contributed by atoms with Crippen LogP contribution in [0.1, 0.15) is 22.7 Å². The first kappa shape index (κ1) is 13.7. The van der Waals surface area contributed by atoms with Crippen molar-refractivity contribution in [2.24, 2.45) is 0 Å². The Kier molecular flexibility index (Phi) is 4.15. The molecular formula is C16H16FNS2. The van der Waals surface area contributed by atoms with Crippen LogP contribution in [0, 0.1) is 5.82 Å². The Balaban J connectivity index is 1.92. The van der Waals surface area contributed by atoms with Gasteiger partial charge in [0.15, 0.2) is 0 Å². The Hall–Kier alpha value is -1.23. The van der Waals surface area contributed by atoms with E-state index < -0.39 is 0 Å². The lowest BCUT2D eigenvalue weighted by atomic mass is 10.1. The maximum atomic E-state index is 13.3. The molecule has 3 aromatic rings. The molecule has 0 fully saturated rings. The molecule has 1 atom stereocenters. The Morgan fingerprint density at radius 2 is 2.15 bits per heavy atom. The fourth-order valence-electron chi connectivity index (χ4n) is 2.36. The molecule has 2 aromatic heterocycles. The third-order valence-corrected chi connectivity index (χ3v) is 5.41. The van der Waals surface area contributed by atoms with Gasteiger partial charge in [-0.15, -0.1) is 22.7 Å². The van der Waals surface area contributed by atoms with Gasteiger partial charge in [-0.3, -0.25) is 0 Å². The molecule has 1 nitrogen and oxygen atoms in total. The van der Waals surface area contributed by atoms with Crippen LogP contribution in [-0.2, 0) is 6.42 Å². The molecule has 2 heterocycles. The second kappa shape index (κ2) is 6.04. The van der Waals surface area contributed by atoms with E-state index in [2.05, 4.69) is 35.8 Å². The van der Waals surface area contributed by atoms with Gasteiger partial charge in [0.25, 0.3) is 0 Å². The summed E-state index contributed by atoms with van der Waals surface area (Å²) in [5.41, 5.74) is 0. The van der Waals surface area contributed by atoms with Crippen LogP contribution in [-0.4, -0.2) is 6.54 Å². The van der Waals surface area contributed by atoms with Crippen molar-refractivity contribution in [2.75, 3.05) is 6.54 Å². The number of fused-ring (bicyclic) bond motifs is 1. The summed E-state index contributed by atoms with van der Waals surface area (Å²) in [4.78, 5) is 2.65. The summed E-state index contributed by atoms with van der Waals surface area (Å²) in [6.45, 7) is 3.05. The van der Waals surface area contributed by atoms with Crippen molar-refractivity contribution in [1.29, 1.82) is 0 Å². The summed E-state index contributed by atoms with van der Waals surface area (Å²) in [6, 6.07) is 11.7. The number of thiophene rings is 2. The number of benzene rings is 1. The van der Waals surface area contributed by atoms with Crippen molar-refractivity contribution in [2.45, 2.75) is 19.4 Å². The number of likely N-dealkylation sites (N-methyl/N-ethyl adjacent to an activating group) is 1. The molecule has 0 aliphatic rings. The second-order valence-electron chi connectivity index (χ2n) is 4.72. The van der Waals surface area contributed by atoms with E-state index in [-0.39, 0.29) is 5.82 Å². The zero-order valence-electron chi connectivity index (χ0n) is 11.2. The molecule has 0 saturated carbocycles. The van der Waals surface area contributed by atoms with Crippen molar-refractivity contribution < 1.29 is 4.39 Å². The standard InChI is InChI=1S/C16H16FNS2/c1-2-18-14(10-13-4-3-7-19-13)16-9-11-8-12(17)5-6-15(11)20-16/h3-9,14,18H,2,10H2,1H3. The van der Waals surface area contributed by atoms with Crippen molar-refractivity contribution in [3.63, 3.8) is 0 Å². The summed E-state index contributed by atoms with van der Waals surface area (Å²) < 4.78 is 14.4. The predicted molar refractivity (Wildman–Crippen MR) is 86.2 cm³/mol. The highest BCUT2D eigenvalue weighted by Crippen LogP contribution is 2.32. The Bertz CT molecular complexity index is 688. The van der Waals surface area contributed by atoms with Crippen LogP contribution >= 0.6 is 22.7 Å². The molecule has 0 radical (unpaired) electrons. The van der Waals surface area contributed by atoms with Gasteiger partial charge in [-0.1, -0.05) is 13.0 Å². The van der Waals surface area contributed by atoms with Crippen LogP contribution in [0.3, 0.4) is 0 Å². The molecule has 3 rings (SSSR count). The molecule has 4 heteroatoms. The van der Waals surface area contributed by atoms with E-state index in [4.69, 9.17) is 0 Å². The van der Waals surface area contributed by atoms with Crippen molar-refractivity contribution in [3.8, 4) is 0 Å². The van der Waals surface area contributed by atoms with Crippen molar-refractivity contribution in [1.82, 2.24) is 5.32 Å². The van der Waals surface area contributed by atoms with Gasteiger partial charge >= 0.3 is 0 Å². The van der Waals surface area contributed by atoms with Crippen LogP contribution < -0.4 is 5.32 Å². The highest BCUT2D eigenvalue weighted by molar-refractivity contribution is 7.19. The van der Waals surface area contributed by atoms with Crippen LogP contribution in [0.5, 0.6) is 0 Å². The lowest BCUT2D eigenvalue weighted by molar-refractivity contribution is 0.562. The normalized spacial score (nSPS) is 12.9. The average Bonchev–Trinajstić information content (AvgIpc) is 3.06. The SMILES string of the molecule is CCNC(Cc1cccs1)c1cc2cc(F)ccc2s1. The number of hydrogen-bond donors (Lipinski definition) is 1. The molecular weight excluding hydrogens is 289 g/mol. The summed E-state index contributed by atoms with van der Waals surface area (Å²) >= 11 is 3.54. The quantitative estimate of drug-likeness (QED) is 0.700. The molecule has 1 aromatic carbocycles. The first-order valence-corrected chi connectivity index (χ1v) is 8.40. The van der Waals surface area contributed by atoms with E-state index in [1.54, 1.807) is 28.7 Å². The number of nitrogens with one attached hydrogen (secondary N) is 1. The van der Waals surface area contributed by atoms with Crippen LogP contribution in [0.4, 0.5) is 4.39 Å². The molecule has 0 aliphatic carbocycles. The number of rotatable bonds is 5. The lowest BCUT2D eigenvalue weighted by Gasteiger charge is -2.15. The number of hydrogen-bond acceptors (Lipinski definition) is 3. The lowest BCUT2D eigenvalue weighted by Crippen LogP contribution is -2.21. The molecule has 0 amide bonds. The minimum absolute atomic E-state index is 0.167. The minimum Gasteiger partial charge on any atom is -0.309 e. The van der Waals surface area contributed by atoms with Crippen molar-refractivity contribution >= 4 is 32.8 Å². The minimum atomic E-state index is -0.167. The van der Waals surface area contributed by atoms with Crippen LogP contribution in [0.15, 0.2) is 41.8 Å². The average molecular weight is 305 g/mol. The van der Waals surface area contributed by atoms with E-state index >= 15 is 0 Å². The van der Waals surface area contributed by atoms with E-state index in [0.717, 1.165) is 23.1 Å². The van der Waals surface area contributed by atoms with Gasteiger partial charge in [0.05, 0.1) is 0 Å². The van der Waals surface area contributed by atoms with E-state index in [1.807, 2.05) is 6.07 Å². The molecule has 1 unspecified atom stereocenters. The predicted octanol–water partition coefficient (Wildman–Crippen LogP) is 5.00. The fraction of sp³-hybridized carbons (Fsp3) is 0.250. The smallest absolute Gasteiger partial charge is 0.123 e. The Labute approximate surface area is 126 Å². The molecule has 0 spiro atoms. The second-order valence-corrected chi connectivity index (χ2v) is 6.87. The van der Waals surface area contributed by atoms with Gasteiger partial charge in [-0.25, -0.2) is 4.39 Å². The summed E-state index contributed by atoms with van der Waals surface area (Å²) in [5.74, 6) is -0.167. The summed E-state index contributed by atoms with van der Waals surface area (Å²) in [6.07, 6.45) is 0.987. The summed E-state index contributed by atoms with van der Waals surface area (Å²) in [5, 5.41) is 6.64. The molecule has 20 heavy (non-hydrogen) atoms. The topological polar surface area (TPSA) is 12.0 Å². The summed E-state index contributed by atoms with van der Waals surface area (Å²) in [7, 11) is 0. The van der Waals surface area contributed by atoms with Crippen LogP contribution in [0.2, 0.25) is 0 Å². The maximum Gasteiger partial charge on any atom is 0.123 e. The Morgan fingerprint density at radius 1 is 1.25 bits per heavy atom. The molecule has 0 saturated heterocycles. The molecule has 0 aliphatic heterocycles. The third-order valence-electron chi connectivity index (χ3n) is 3.28. The van der Waals surface area contributed by atoms with Crippen molar-refractivity contribution in [3.05, 3.63) is 57.3 Å². The highest BCUT2D eigenvalue weighted by Gasteiger charge is 2.15. The monoisotopic (exact) mass is 305 g/mol. The number of halogens is 1. The van der Waals surface area contributed by atoms with Gasteiger partial charge in [-0.05, 0) is 47.6 Å². The molecule has 1 N–H and O–H groups in total.